The first-order valence-corrected chi connectivity index (χ1v) is 12.4. The molecule has 0 bridgehead atoms. The van der Waals surface area contributed by atoms with Crippen LogP contribution in [-0.4, -0.2) is 38.1 Å². The molecule has 2 aliphatic heterocycles. The van der Waals surface area contributed by atoms with Gasteiger partial charge in [0.1, 0.15) is 6.34 Å². The van der Waals surface area contributed by atoms with Crippen LogP contribution in [0.2, 0.25) is 0 Å². The molecule has 8 heteroatoms. The van der Waals surface area contributed by atoms with Gasteiger partial charge in [0.05, 0.1) is 23.9 Å². The van der Waals surface area contributed by atoms with Crippen molar-refractivity contribution in [3.8, 4) is 0 Å². The number of nitrogens with zero attached hydrogens (tertiary/aromatic N) is 3. The first-order chi connectivity index (χ1) is 15.0. The highest BCUT2D eigenvalue weighted by Gasteiger charge is 2.32. The molecule has 0 fully saturated rings. The molecule has 6 nitrogen and oxygen atoms in total. The third kappa shape index (κ3) is 3.77. The van der Waals surface area contributed by atoms with E-state index < -0.39 is 10.0 Å². The standard InChI is InChI=1S/C23H21N3O3S2/c27-23(14-19-7-4-12-30-19)26-11-10-18-13-20(8-9-22(18)26)31(28,29)25-15-21(24-16-25)17-5-2-1-3-6-17/h1-9,12-13,16,21H,10-11,14-15H2/t21-/m1/s1. The van der Waals surface area contributed by atoms with Crippen molar-refractivity contribution < 1.29 is 13.2 Å². The predicted molar refractivity (Wildman–Crippen MR) is 122 cm³/mol. The van der Waals surface area contributed by atoms with Gasteiger partial charge in [-0.05, 0) is 47.2 Å². The van der Waals surface area contributed by atoms with Gasteiger partial charge in [-0.25, -0.2) is 8.42 Å². The maximum atomic E-state index is 13.2. The van der Waals surface area contributed by atoms with Gasteiger partial charge in [-0.2, -0.15) is 0 Å². The van der Waals surface area contributed by atoms with E-state index >= 15 is 0 Å². The predicted octanol–water partition coefficient (Wildman–Crippen LogP) is 3.65. The number of rotatable bonds is 5. The Labute approximate surface area is 185 Å². The van der Waals surface area contributed by atoms with E-state index in [0.29, 0.717) is 19.4 Å². The smallest absolute Gasteiger partial charge is 0.265 e. The van der Waals surface area contributed by atoms with Crippen LogP contribution in [0.3, 0.4) is 0 Å². The Hall–Kier alpha value is -2.97. The van der Waals surface area contributed by atoms with Gasteiger partial charge in [-0.3, -0.25) is 14.1 Å². The first-order valence-electron chi connectivity index (χ1n) is 10.1. The Kier molecular flexibility index (Phi) is 5.11. The number of carbonyl (C=O) groups is 1. The number of sulfonamides is 1. The summed E-state index contributed by atoms with van der Waals surface area (Å²) in [4.78, 5) is 20.1. The summed E-state index contributed by atoms with van der Waals surface area (Å²) in [5, 5.41) is 1.96. The van der Waals surface area contributed by atoms with Crippen LogP contribution >= 0.6 is 11.3 Å². The molecule has 1 aromatic heterocycles. The summed E-state index contributed by atoms with van der Waals surface area (Å²) in [6, 6.07) is 18.4. The fourth-order valence-electron chi connectivity index (χ4n) is 4.04. The third-order valence-electron chi connectivity index (χ3n) is 5.67. The maximum absolute atomic E-state index is 13.2. The van der Waals surface area contributed by atoms with Crippen LogP contribution < -0.4 is 4.90 Å². The molecule has 0 unspecified atom stereocenters. The van der Waals surface area contributed by atoms with Gasteiger partial charge in [0.15, 0.2) is 0 Å². The van der Waals surface area contributed by atoms with Crippen molar-refractivity contribution >= 4 is 39.3 Å². The highest BCUT2D eigenvalue weighted by Crippen LogP contribution is 2.33. The van der Waals surface area contributed by atoms with Crippen LogP contribution in [0, 0.1) is 0 Å². The quantitative estimate of drug-likeness (QED) is 0.595. The molecule has 1 atom stereocenters. The molecule has 0 aliphatic carbocycles. The number of amides is 1. The van der Waals surface area contributed by atoms with Crippen molar-refractivity contribution in [3.05, 3.63) is 82.0 Å². The molecular formula is C23H21N3O3S2. The average molecular weight is 452 g/mol. The van der Waals surface area contributed by atoms with Gasteiger partial charge in [-0.15, -0.1) is 11.3 Å². The third-order valence-corrected chi connectivity index (χ3v) is 8.26. The molecule has 0 radical (unpaired) electrons. The number of fused-ring (bicyclic) bond motifs is 1. The summed E-state index contributed by atoms with van der Waals surface area (Å²) in [6.07, 6.45) is 2.43. The van der Waals surface area contributed by atoms with Crippen molar-refractivity contribution in [2.45, 2.75) is 23.8 Å². The Morgan fingerprint density at radius 3 is 2.71 bits per heavy atom. The van der Waals surface area contributed by atoms with E-state index in [9.17, 15) is 13.2 Å². The topological polar surface area (TPSA) is 70.1 Å². The second-order valence-corrected chi connectivity index (χ2v) is 10.5. The van der Waals surface area contributed by atoms with Crippen molar-refractivity contribution in [2.75, 3.05) is 18.0 Å². The number of benzene rings is 2. The first kappa shape index (κ1) is 20.0. The van der Waals surface area contributed by atoms with E-state index in [2.05, 4.69) is 4.99 Å². The van der Waals surface area contributed by atoms with E-state index in [1.165, 1.54) is 10.6 Å². The molecular weight excluding hydrogens is 430 g/mol. The zero-order valence-corrected chi connectivity index (χ0v) is 18.3. The van der Waals surface area contributed by atoms with Crippen molar-refractivity contribution in [2.24, 2.45) is 4.99 Å². The number of anilines is 1. The number of hydrogen-bond acceptors (Lipinski definition) is 5. The average Bonchev–Trinajstić information content (AvgIpc) is 3.54. The summed E-state index contributed by atoms with van der Waals surface area (Å²) >= 11 is 1.57. The molecule has 0 saturated heterocycles. The number of thiophene rings is 1. The zero-order chi connectivity index (χ0) is 21.4. The molecule has 2 aromatic carbocycles. The molecule has 0 saturated carbocycles. The van der Waals surface area contributed by atoms with Gasteiger partial charge in [0.2, 0.25) is 5.91 Å². The fourth-order valence-corrected chi connectivity index (χ4v) is 6.05. The van der Waals surface area contributed by atoms with Crippen LogP contribution in [-0.2, 0) is 27.7 Å². The van der Waals surface area contributed by atoms with Crippen LogP contribution in [0.25, 0.3) is 0 Å². The fraction of sp³-hybridized carbons (Fsp3) is 0.217. The van der Waals surface area contributed by atoms with E-state index in [1.54, 1.807) is 34.4 Å². The summed E-state index contributed by atoms with van der Waals surface area (Å²) in [5.74, 6) is 0.0363. The lowest BCUT2D eigenvalue weighted by atomic mass is 10.1. The second-order valence-electron chi connectivity index (χ2n) is 7.61. The van der Waals surface area contributed by atoms with Gasteiger partial charge >= 0.3 is 0 Å². The Morgan fingerprint density at radius 1 is 1.10 bits per heavy atom. The largest absolute Gasteiger partial charge is 0.312 e. The summed E-state index contributed by atoms with van der Waals surface area (Å²) < 4.78 is 27.7. The molecule has 5 rings (SSSR count). The molecule has 31 heavy (non-hydrogen) atoms. The number of aliphatic imine (C=N–C) groups is 1. The minimum Gasteiger partial charge on any atom is -0.312 e. The Balaban J connectivity index is 1.34. The maximum Gasteiger partial charge on any atom is 0.265 e. The molecule has 3 aromatic rings. The van der Waals surface area contributed by atoms with E-state index in [4.69, 9.17) is 0 Å². The minimum atomic E-state index is -3.70. The number of carbonyl (C=O) groups excluding carboxylic acids is 1. The normalized spacial score (nSPS) is 17.9. The SMILES string of the molecule is O=C(Cc1cccs1)N1CCc2cc(S(=O)(=O)N3C=N[C@@H](c4ccccc4)C3)ccc21. The molecule has 1 amide bonds. The molecule has 3 heterocycles. The molecule has 158 valence electrons. The molecule has 0 N–H and O–H groups in total. The van der Waals surface area contributed by atoms with Crippen molar-refractivity contribution in [1.82, 2.24) is 4.31 Å². The second kappa shape index (κ2) is 7.94. The van der Waals surface area contributed by atoms with Gasteiger partial charge < -0.3 is 4.90 Å². The van der Waals surface area contributed by atoms with Gasteiger partial charge in [0, 0.05) is 17.1 Å². The van der Waals surface area contributed by atoms with E-state index in [-0.39, 0.29) is 23.4 Å². The van der Waals surface area contributed by atoms with E-state index in [1.807, 2.05) is 47.8 Å². The van der Waals surface area contributed by atoms with Crippen molar-refractivity contribution in [1.29, 1.82) is 0 Å². The van der Waals surface area contributed by atoms with Crippen LogP contribution in [0.5, 0.6) is 0 Å². The lowest BCUT2D eigenvalue weighted by Gasteiger charge is -2.19. The monoisotopic (exact) mass is 451 g/mol. The lowest BCUT2D eigenvalue weighted by Crippen LogP contribution is -2.30. The van der Waals surface area contributed by atoms with Crippen LogP contribution in [0.15, 0.2) is 75.9 Å². The molecule has 2 aliphatic rings. The summed E-state index contributed by atoms with van der Waals surface area (Å²) in [6.45, 7) is 0.860. The van der Waals surface area contributed by atoms with Crippen LogP contribution in [0.4, 0.5) is 5.69 Å². The Morgan fingerprint density at radius 2 is 1.94 bits per heavy atom. The zero-order valence-electron chi connectivity index (χ0n) is 16.7. The van der Waals surface area contributed by atoms with E-state index in [0.717, 1.165) is 21.7 Å². The van der Waals surface area contributed by atoms with Crippen LogP contribution in [0.1, 0.15) is 22.0 Å². The van der Waals surface area contributed by atoms with Gasteiger partial charge in [0.25, 0.3) is 10.0 Å². The lowest BCUT2D eigenvalue weighted by molar-refractivity contribution is -0.117. The van der Waals surface area contributed by atoms with Crippen molar-refractivity contribution in [3.63, 3.8) is 0 Å². The highest BCUT2D eigenvalue weighted by atomic mass is 32.2. The molecule has 0 spiro atoms. The Bertz CT molecular complexity index is 1240. The number of hydrogen-bond donors (Lipinski definition) is 0. The highest BCUT2D eigenvalue weighted by molar-refractivity contribution is 7.89. The van der Waals surface area contributed by atoms with Gasteiger partial charge in [-0.1, -0.05) is 36.4 Å². The summed E-state index contributed by atoms with van der Waals surface area (Å²) in [7, 11) is -3.70. The minimum absolute atomic E-state index is 0.0363. The summed E-state index contributed by atoms with van der Waals surface area (Å²) in [5.41, 5.74) is 2.68.